The Bertz CT molecular complexity index is 957. The lowest BCUT2D eigenvalue weighted by atomic mass is 10.0. The summed E-state index contributed by atoms with van der Waals surface area (Å²) < 4.78 is 7.23. The van der Waals surface area contributed by atoms with Crippen LogP contribution in [0, 0.1) is 0 Å². The molecule has 0 spiro atoms. The lowest BCUT2D eigenvalue weighted by Crippen LogP contribution is -2.40. The topological polar surface area (TPSA) is 61.8 Å². The van der Waals surface area contributed by atoms with Gasteiger partial charge >= 0.3 is 0 Å². The monoisotopic (exact) mass is 410 g/mol. The zero-order chi connectivity index (χ0) is 20.1. The van der Waals surface area contributed by atoms with Gasteiger partial charge in [0.05, 0.1) is 24.2 Å². The number of hydrogen-bond donors (Lipinski definition) is 2. The number of nitrogens with zero attached hydrogens (tertiary/aromatic N) is 1. The predicted octanol–water partition coefficient (Wildman–Crippen LogP) is 3.24. The normalized spacial score (nSPS) is 17.5. The average molecular weight is 411 g/mol. The number of nitrogens with one attached hydrogen (secondary N) is 1. The summed E-state index contributed by atoms with van der Waals surface area (Å²) in [5.41, 5.74) is 2.31. The highest BCUT2D eigenvalue weighted by Gasteiger charge is 2.29. The van der Waals surface area contributed by atoms with Gasteiger partial charge in [-0.2, -0.15) is 0 Å². The number of carbonyl (C=O) groups is 1. The molecule has 0 aliphatic carbocycles. The Morgan fingerprint density at radius 1 is 1.17 bits per heavy atom. The van der Waals surface area contributed by atoms with E-state index in [0.29, 0.717) is 11.5 Å². The van der Waals surface area contributed by atoms with E-state index < -0.39 is 0 Å². The number of benzene rings is 2. The fourth-order valence-electron chi connectivity index (χ4n) is 3.82. The van der Waals surface area contributed by atoms with Crippen LogP contribution in [0.2, 0.25) is 0 Å². The Labute approximate surface area is 174 Å². The van der Waals surface area contributed by atoms with E-state index in [1.54, 1.807) is 0 Å². The van der Waals surface area contributed by atoms with Gasteiger partial charge in [-0.15, -0.1) is 11.3 Å². The van der Waals surface area contributed by atoms with E-state index in [2.05, 4.69) is 40.5 Å². The van der Waals surface area contributed by atoms with Crippen molar-refractivity contribution in [1.82, 2.24) is 10.2 Å². The van der Waals surface area contributed by atoms with E-state index in [4.69, 9.17) is 9.84 Å². The summed E-state index contributed by atoms with van der Waals surface area (Å²) in [7, 11) is 0. The van der Waals surface area contributed by atoms with Gasteiger partial charge in [-0.3, -0.25) is 9.69 Å². The molecule has 1 atom stereocenters. The number of ether oxygens (including phenoxy) is 1. The van der Waals surface area contributed by atoms with E-state index in [9.17, 15) is 4.79 Å². The molecule has 2 heterocycles. The van der Waals surface area contributed by atoms with Crippen molar-refractivity contribution in [2.75, 3.05) is 39.4 Å². The van der Waals surface area contributed by atoms with Crippen molar-refractivity contribution in [1.29, 1.82) is 0 Å². The lowest BCUT2D eigenvalue weighted by molar-refractivity contribution is -0.0289. The Kier molecular flexibility index (Phi) is 6.56. The fourth-order valence-corrected chi connectivity index (χ4v) is 4.99. The van der Waals surface area contributed by atoms with Crippen molar-refractivity contribution in [2.24, 2.45) is 0 Å². The van der Waals surface area contributed by atoms with Crippen LogP contribution in [0.4, 0.5) is 0 Å². The zero-order valence-electron chi connectivity index (χ0n) is 16.3. The smallest absolute Gasteiger partial charge is 0.261 e. The molecule has 0 bridgehead atoms. The molecular formula is C23H26N2O3S. The maximum Gasteiger partial charge on any atom is 0.261 e. The number of thiophene rings is 1. The summed E-state index contributed by atoms with van der Waals surface area (Å²) >= 11 is 1.50. The molecular weight excluding hydrogens is 384 g/mol. The molecule has 1 amide bonds. The first-order chi connectivity index (χ1) is 14.3. The molecule has 2 N–H and O–H groups in total. The molecule has 3 aromatic rings. The quantitative estimate of drug-likeness (QED) is 0.628. The first-order valence-corrected chi connectivity index (χ1v) is 10.9. The molecule has 2 aromatic carbocycles. The van der Waals surface area contributed by atoms with Gasteiger partial charge in [0.15, 0.2) is 0 Å². The second-order valence-corrected chi connectivity index (χ2v) is 8.27. The minimum Gasteiger partial charge on any atom is -0.395 e. The molecule has 1 fully saturated rings. The molecule has 1 aliphatic heterocycles. The highest BCUT2D eigenvalue weighted by atomic mass is 32.1. The Hall–Kier alpha value is -2.25. The number of morpholine rings is 1. The fraction of sp³-hybridized carbons (Fsp3) is 0.348. The zero-order valence-corrected chi connectivity index (χ0v) is 17.2. The summed E-state index contributed by atoms with van der Waals surface area (Å²) in [6, 6.07) is 18.6. The summed E-state index contributed by atoms with van der Waals surface area (Å²) in [5.74, 6) is -0.139. The van der Waals surface area contributed by atoms with Gasteiger partial charge < -0.3 is 15.2 Å². The Morgan fingerprint density at radius 3 is 2.79 bits per heavy atom. The summed E-state index contributed by atoms with van der Waals surface area (Å²) in [6.07, 6.45) is 0.868. The first-order valence-electron chi connectivity index (χ1n) is 10.0. The van der Waals surface area contributed by atoms with Gasteiger partial charge in [-0.05, 0) is 23.4 Å². The second-order valence-electron chi connectivity index (χ2n) is 7.22. The van der Waals surface area contributed by atoms with E-state index in [0.717, 1.165) is 41.7 Å². The van der Waals surface area contributed by atoms with E-state index in [1.807, 2.05) is 24.3 Å². The predicted molar refractivity (Wildman–Crippen MR) is 117 cm³/mol. The van der Waals surface area contributed by atoms with Crippen molar-refractivity contribution < 1.29 is 14.6 Å². The molecule has 1 aliphatic rings. The largest absolute Gasteiger partial charge is 0.395 e. The van der Waals surface area contributed by atoms with Crippen molar-refractivity contribution in [3.8, 4) is 0 Å². The van der Waals surface area contributed by atoms with Crippen molar-refractivity contribution in [3.63, 3.8) is 0 Å². The summed E-state index contributed by atoms with van der Waals surface area (Å²) in [6.45, 7) is 3.48. The maximum atomic E-state index is 12.7. The molecule has 5 nitrogen and oxygen atoms in total. The second kappa shape index (κ2) is 9.50. The number of amides is 1. The Morgan fingerprint density at radius 2 is 1.97 bits per heavy atom. The van der Waals surface area contributed by atoms with Gasteiger partial charge in [0.1, 0.15) is 0 Å². The summed E-state index contributed by atoms with van der Waals surface area (Å²) in [4.78, 5) is 15.9. The molecule has 1 unspecified atom stereocenters. The standard InChI is InChI=1S/C23H26N2O3S/c26-14-11-24-23(27)22-21(18-8-4-5-9-20(18)29-22)19-16-25(13-15-28-19)12-10-17-6-2-1-3-7-17/h1-9,19,26H,10-16H2,(H,24,27). The van der Waals surface area contributed by atoms with Gasteiger partial charge in [0.25, 0.3) is 5.91 Å². The number of aliphatic hydroxyl groups excluding tert-OH is 1. The lowest BCUT2D eigenvalue weighted by Gasteiger charge is -2.33. The highest BCUT2D eigenvalue weighted by Crippen LogP contribution is 2.38. The van der Waals surface area contributed by atoms with Crippen LogP contribution in [0.25, 0.3) is 10.1 Å². The van der Waals surface area contributed by atoms with Crippen LogP contribution in [-0.4, -0.2) is 55.3 Å². The number of carbonyl (C=O) groups excluding carboxylic acids is 1. The van der Waals surface area contributed by atoms with E-state index in [1.165, 1.54) is 16.9 Å². The first kappa shape index (κ1) is 20.0. The number of aliphatic hydroxyl groups is 1. The molecule has 0 radical (unpaired) electrons. The van der Waals surface area contributed by atoms with Crippen LogP contribution in [0.5, 0.6) is 0 Å². The molecule has 0 saturated carbocycles. The SMILES string of the molecule is O=C(NCCO)c1sc2ccccc2c1C1CN(CCc2ccccc2)CCO1. The third kappa shape index (κ3) is 4.67. The number of rotatable bonds is 7. The molecule has 29 heavy (non-hydrogen) atoms. The van der Waals surface area contributed by atoms with Crippen LogP contribution in [-0.2, 0) is 11.2 Å². The van der Waals surface area contributed by atoms with Gasteiger partial charge in [0.2, 0.25) is 0 Å². The molecule has 6 heteroatoms. The van der Waals surface area contributed by atoms with Crippen LogP contribution in [0.15, 0.2) is 54.6 Å². The van der Waals surface area contributed by atoms with Gasteiger partial charge in [-0.1, -0.05) is 48.5 Å². The van der Waals surface area contributed by atoms with E-state index >= 15 is 0 Å². The van der Waals surface area contributed by atoms with Crippen LogP contribution >= 0.6 is 11.3 Å². The summed E-state index contributed by atoms with van der Waals surface area (Å²) in [5, 5.41) is 12.9. The molecule has 1 saturated heterocycles. The van der Waals surface area contributed by atoms with Crippen molar-refractivity contribution in [2.45, 2.75) is 12.5 Å². The average Bonchev–Trinajstić information content (AvgIpc) is 3.17. The molecule has 4 rings (SSSR count). The Balaban J connectivity index is 1.55. The molecule has 152 valence electrons. The van der Waals surface area contributed by atoms with Crippen LogP contribution in [0.3, 0.4) is 0 Å². The third-order valence-electron chi connectivity index (χ3n) is 5.27. The van der Waals surface area contributed by atoms with E-state index in [-0.39, 0.29) is 25.2 Å². The van der Waals surface area contributed by atoms with Gasteiger partial charge in [-0.25, -0.2) is 0 Å². The molecule has 1 aromatic heterocycles. The minimum absolute atomic E-state index is 0.0703. The van der Waals surface area contributed by atoms with Crippen molar-refractivity contribution in [3.05, 3.63) is 70.6 Å². The van der Waals surface area contributed by atoms with Crippen molar-refractivity contribution >= 4 is 27.3 Å². The highest BCUT2D eigenvalue weighted by molar-refractivity contribution is 7.21. The number of hydrogen-bond acceptors (Lipinski definition) is 5. The minimum atomic E-state index is -0.139. The van der Waals surface area contributed by atoms with Crippen LogP contribution < -0.4 is 5.32 Å². The number of fused-ring (bicyclic) bond motifs is 1. The van der Waals surface area contributed by atoms with Crippen LogP contribution in [0.1, 0.15) is 26.9 Å². The van der Waals surface area contributed by atoms with Gasteiger partial charge in [0, 0.05) is 36.4 Å². The third-order valence-corrected chi connectivity index (χ3v) is 6.45. The maximum absolute atomic E-state index is 12.7.